The smallest absolute Gasteiger partial charge is 0.462 e. The van der Waals surface area contributed by atoms with Crippen molar-refractivity contribution in [2.45, 2.75) is 477 Å². The van der Waals surface area contributed by atoms with Crippen molar-refractivity contribution < 1.29 is 80.2 Å². The van der Waals surface area contributed by atoms with Crippen LogP contribution in [0.2, 0.25) is 0 Å². The Kier molecular flexibility index (Phi) is 76.0. The molecule has 0 rings (SSSR count). The first-order valence-corrected chi connectivity index (χ1v) is 47.5. The third kappa shape index (κ3) is 79.9. The Bertz CT molecular complexity index is 2010. The number of unbranched alkanes of at least 4 members (excludes halogenated alkanes) is 55. The van der Waals surface area contributed by atoms with E-state index in [1.165, 1.54) is 276 Å². The van der Waals surface area contributed by atoms with Gasteiger partial charge >= 0.3 is 39.5 Å². The zero-order valence-electron chi connectivity index (χ0n) is 69.0. The minimum atomic E-state index is -4.97. The monoisotopic (exact) mass is 1540 g/mol. The third-order valence-electron chi connectivity index (χ3n) is 20.2. The van der Waals surface area contributed by atoms with Crippen LogP contribution in [0, 0.1) is 11.8 Å². The first-order valence-electron chi connectivity index (χ1n) is 44.5. The van der Waals surface area contributed by atoms with E-state index in [0.29, 0.717) is 25.7 Å². The standard InChI is InChI=1S/C86H168O17P2/c1-7-9-11-13-15-17-19-20-21-22-23-24-25-28-34-40-46-52-58-64-70-85(90)103-82(75-97-84(89)69-63-57-51-45-39-33-29-26-27-31-37-42-48-54-60-66-78(3)4)77-101-105(94,95)99-73-80(87)72-98-104(92,93)100-76-81(74-96-83(88)68-62-56-50-44-36-18-16-14-12-10-8-2)102-86(91)71-65-59-53-47-41-35-30-32-38-43-49-55-61-67-79(5)6/h78-82,87H,7-77H2,1-6H3,(H,92,93)(H,94,95)/t80-,81+,82+/m0/s1. The van der Waals surface area contributed by atoms with E-state index >= 15 is 0 Å². The van der Waals surface area contributed by atoms with Crippen LogP contribution in [0.4, 0.5) is 0 Å². The summed E-state index contributed by atoms with van der Waals surface area (Å²) < 4.78 is 68.9. The van der Waals surface area contributed by atoms with Crippen molar-refractivity contribution in [2.75, 3.05) is 39.6 Å². The minimum Gasteiger partial charge on any atom is -0.462 e. The molecule has 0 saturated heterocycles. The number of ether oxygens (including phenoxy) is 4. The van der Waals surface area contributed by atoms with Gasteiger partial charge in [0.1, 0.15) is 19.3 Å². The van der Waals surface area contributed by atoms with Gasteiger partial charge in [0.25, 0.3) is 0 Å². The van der Waals surface area contributed by atoms with Crippen LogP contribution in [-0.2, 0) is 65.4 Å². The number of esters is 4. The van der Waals surface area contributed by atoms with Gasteiger partial charge in [-0.25, -0.2) is 9.13 Å². The van der Waals surface area contributed by atoms with Gasteiger partial charge in [0.2, 0.25) is 0 Å². The molecular weight excluding hydrogens is 1370 g/mol. The lowest BCUT2D eigenvalue weighted by Crippen LogP contribution is -2.30. The molecule has 19 heteroatoms. The zero-order chi connectivity index (χ0) is 77.1. The summed E-state index contributed by atoms with van der Waals surface area (Å²) in [5.74, 6) is -0.508. The number of phosphoric ester groups is 2. The fourth-order valence-electron chi connectivity index (χ4n) is 13.4. The van der Waals surface area contributed by atoms with E-state index in [-0.39, 0.29) is 25.7 Å². The number of aliphatic hydroxyl groups is 1. The summed E-state index contributed by atoms with van der Waals surface area (Å²) >= 11 is 0. The van der Waals surface area contributed by atoms with Gasteiger partial charge < -0.3 is 33.8 Å². The number of phosphoric acid groups is 2. The molecule has 0 heterocycles. The number of carbonyl (C=O) groups is 4. The van der Waals surface area contributed by atoms with Crippen molar-refractivity contribution in [3.63, 3.8) is 0 Å². The lowest BCUT2D eigenvalue weighted by Gasteiger charge is -2.21. The first kappa shape index (κ1) is 103. The van der Waals surface area contributed by atoms with Gasteiger partial charge in [-0.05, 0) is 37.5 Å². The quantitative estimate of drug-likeness (QED) is 0.0222. The predicted octanol–water partition coefficient (Wildman–Crippen LogP) is 26.2. The van der Waals surface area contributed by atoms with Gasteiger partial charge in [-0.1, -0.05) is 408 Å². The largest absolute Gasteiger partial charge is 0.472 e. The van der Waals surface area contributed by atoms with Crippen molar-refractivity contribution >= 4 is 39.5 Å². The Balaban J connectivity index is 5.24. The maximum atomic E-state index is 13.1. The fourth-order valence-corrected chi connectivity index (χ4v) is 15.0. The minimum absolute atomic E-state index is 0.108. The summed E-state index contributed by atoms with van der Waals surface area (Å²) in [6, 6.07) is 0. The van der Waals surface area contributed by atoms with Crippen LogP contribution in [-0.4, -0.2) is 96.7 Å². The second-order valence-electron chi connectivity index (χ2n) is 31.9. The summed E-state index contributed by atoms with van der Waals surface area (Å²) in [6.45, 7) is 9.71. The number of carbonyl (C=O) groups excluding carboxylic acids is 4. The molecule has 17 nitrogen and oxygen atoms in total. The molecule has 0 aromatic rings. The maximum absolute atomic E-state index is 13.1. The molecule has 3 N–H and O–H groups in total. The number of rotatable bonds is 85. The molecule has 2 unspecified atom stereocenters. The lowest BCUT2D eigenvalue weighted by molar-refractivity contribution is -0.161. The molecule has 0 aromatic carbocycles. The molecule has 0 fully saturated rings. The van der Waals surface area contributed by atoms with Crippen LogP contribution < -0.4 is 0 Å². The summed E-state index contributed by atoms with van der Waals surface area (Å²) in [5, 5.41) is 10.7. The number of aliphatic hydroxyl groups excluding tert-OH is 1. The number of hydrogen-bond donors (Lipinski definition) is 3. The summed E-state index contributed by atoms with van der Waals surface area (Å²) in [7, 11) is -9.93. The van der Waals surface area contributed by atoms with Gasteiger partial charge in [-0.15, -0.1) is 0 Å². The molecular formula is C86H168O17P2. The van der Waals surface area contributed by atoms with Crippen molar-refractivity contribution in [3.8, 4) is 0 Å². The maximum Gasteiger partial charge on any atom is 0.472 e. The molecule has 0 aliphatic rings. The van der Waals surface area contributed by atoms with Crippen LogP contribution in [0.1, 0.15) is 459 Å². The molecule has 5 atom stereocenters. The zero-order valence-corrected chi connectivity index (χ0v) is 70.8. The fraction of sp³-hybridized carbons (Fsp3) is 0.953. The Labute approximate surface area is 645 Å². The Morgan fingerprint density at radius 1 is 0.257 bits per heavy atom. The van der Waals surface area contributed by atoms with Crippen LogP contribution in [0.5, 0.6) is 0 Å². The molecule has 0 saturated carbocycles. The highest BCUT2D eigenvalue weighted by molar-refractivity contribution is 7.47. The molecule has 0 amide bonds. The van der Waals surface area contributed by atoms with Gasteiger partial charge in [0, 0.05) is 25.7 Å². The van der Waals surface area contributed by atoms with E-state index in [4.69, 9.17) is 37.0 Å². The van der Waals surface area contributed by atoms with Gasteiger partial charge in [-0.2, -0.15) is 0 Å². The third-order valence-corrected chi connectivity index (χ3v) is 22.1. The van der Waals surface area contributed by atoms with Gasteiger partial charge in [-0.3, -0.25) is 37.3 Å². The highest BCUT2D eigenvalue weighted by atomic mass is 31.2. The molecule has 624 valence electrons. The summed E-state index contributed by atoms with van der Waals surface area (Å²) in [4.78, 5) is 73.2. The van der Waals surface area contributed by atoms with E-state index in [1.807, 2.05) is 0 Å². The van der Waals surface area contributed by atoms with E-state index in [2.05, 4.69) is 41.5 Å². The van der Waals surface area contributed by atoms with Crippen molar-refractivity contribution in [3.05, 3.63) is 0 Å². The first-order chi connectivity index (χ1) is 50.9. The highest BCUT2D eigenvalue weighted by Gasteiger charge is 2.30. The second kappa shape index (κ2) is 77.4. The van der Waals surface area contributed by atoms with Gasteiger partial charge in [0.05, 0.1) is 26.4 Å². The number of hydrogen-bond acceptors (Lipinski definition) is 15. The Hall–Kier alpha value is -1.94. The molecule has 0 aliphatic heterocycles. The van der Waals surface area contributed by atoms with E-state index in [0.717, 1.165) is 102 Å². The van der Waals surface area contributed by atoms with E-state index < -0.39 is 97.5 Å². The lowest BCUT2D eigenvalue weighted by atomic mass is 10.0. The second-order valence-corrected chi connectivity index (χ2v) is 34.8. The van der Waals surface area contributed by atoms with E-state index in [9.17, 15) is 43.2 Å². The molecule has 0 radical (unpaired) electrons. The SMILES string of the molecule is CCCCCCCCCCCCCCCCCCCCCCC(=O)O[C@H](COC(=O)CCCCCCCCCCCCCCCCCC(C)C)COP(=O)(O)OC[C@@H](O)COP(=O)(O)OC[C@@H](COC(=O)CCCCCCCCCCCCC)OC(=O)CCCCCCCCCCCCCCCC(C)C. The molecule has 0 spiro atoms. The molecule has 0 bridgehead atoms. The average Bonchev–Trinajstić information content (AvgIpc) is 0.909. The van der Waals surface area contributed by atoms with Crippen LogP contribution in [0.15, 0.2) is 0 Å². The summed E-state index contributed by atoms with van der Waals surface area (Å²) in [5.41, 5.74) is 0. The van der Waals surface area contributed by atoms with Gasteiger partial charge in [0.15, 0.2) is 12.2 Å². The normalized spacial score (nSPS) is 13.8. The highest BCUT2D eigenvalue weighted by Crippen LogP contribution is 2.45. The topological polar surface area (TPSA) is 237 Å². The Morgan fingerprint density at radius 3 is 0.648 bits per heavy atom. The van der Waals surface area contributed by atoms with Crippen LogP contribution in [0.3, 0.4) is 0 Å². The van der Waals surface area contributed by atoms with Crippen molar-refractivity contribution in [2.24, 2.45) is 11.8 Å². The van der Waals surface area contributed by atoms with E-state index in [1.54, 1.807) is 0 Å². The molecule has 0 aromatic heterocycles. The van der Waals surface area contributed by atoms with Crippen LogP contribution in [0.25, 0.3) is 0 Å². The summed E-state index contributed by atoms with van der Waals surface area (Å²) in [6.07, 6.45) is 69.4. The van der Waals surface area contributed by atoms with Crippen LogP contribution >= 0.6 is 15.6 Å². The van der Waals surface area contributed by atoms with Crippen molar-refractivity contribution in [1.82, 2.24) is 0 Å². The predicted molar refractivity (Wildman–Crippen MR) is 432 cm³/mol. The average molecular weight is 1540 g/mol. The molecule has 105 heavy (non-hydrogen) atoms. The Morgan fingerprint density at radius 2 is 0.438 bits per heavy atom. The molecule has 0 aliphatic carbocycles. The van der Waals surface area contributed by atoms with Crippen molar-refractivity contribution in [1.29, 1.82) is 0 Å².